The fraction of sp³-hybridized carbons (Fsp3) is 0.412. The molecular formula is C17H23N3OS. The third-order valence-electron chi connectivity index (χ3n) is 4.12. The highest BCUT2D eigenvalue weighted by Gasteiger charge is 2.25. The number of fused-ring (bicyclic) bond motifs is 1. The summed E-state index contributed by atoms with van der Waals surface area (Å²) in [5.41, 5.74) is 5.07. The normalized spacial score (nSPS) is 16.6. The van der Waals surface area contributed by atoms with Gasteiger partial charge in [-0.2, -0.15) is 12.6 Å². The minimum Gasteiger partial charge on any atom is -0.395 e. The van der Waals surface area contributed by atoms with Crippen LogP contribution in [0.3, 0.4) is 0 Å². The Balaban J connectivity index is 2.12. The Morgan fingerprint density at radius 3 is 2.64 bits per heavy atom. The van der Waals surface area contributed by atoms with Crippen molar-refractivity contribution in [3.8, 4) is 11.3 Å². The summed E-state index contributed by atoms with van der Waals surface area (Å²) in [7, 11) is 4.26. The monoisotopic (exact) mass is 317 g/mol. The van der Waals surface area contributed by atoms with Gasteiger partial charge in [-0.05, 0) is 12.6 Å². The first-order valence-electron chi connectivity index (χ1n) is 7.56. The fourth-order valence-electron chi connectivity index (χ4n) is 3.19. The maximum absolute atomic E-state index is 9.35. The van der Waals surface area contributed by atoms with Gasteiger partial charge in [-0.3, -0.25) is 4.90 Å². The van der Waals surface area contributed by atoms with E-state index in [0.29, 0.717) is 6.54 Å². The molecule has 0 spiro atoms. The van der Waals surface area contributed by atoms with Crippen LogP contribution in [-0.4, -0.2) is 47.2 Å². The molecule has 3 rings (SSSR count). The molecule has 1 N–H and O–H groups in total. The number of hydrogen-bond acceptors (Lipinski definition) is 4. The quantitative estimate of drug-likeness (QED) is 0.849. The van der Waals surface area contributed by atoms with Crippen LogP contribution < -0.4 is 4.90 Å². The molecule has 0 saturated heterocycles. The number of aliphatic hydroxyl groups excluding tert-OH is 1. The van der Waals surface area contributed by atoms with Crippen molar-refractivity contribution in [1.29, 1.82) is 0 Å². The van der Waals surface area contributed by atoms with Gasteiger partial charge >= 0.3 is 0 Å². The molecule has 1 aliphatic heterocycles. The Kier molecular flexibility index (Phi) is 4.47. The second-order valence-electron chi connectivity index (χ2n) is 6.05. The highest BCUT2D eigenvalue weighted by molar-refractivity contribution is 7.81. The van der Waals surface area contributed by atoms with Crippen LogP contribution in [-0.2, 0) is 13.1 Å². The van der Waals surface area contributed by atoms with E-state index < -0.39 is 0 Å². The van der Waals surface area contributed by atoms with Crippen LogP contribution >= 0.6 is 12.6 Å². The predicted molar refractivity (Wildman–Crippen MR) is 94.5 cm³/mol. The molecule has 1 aliphatic rings. The van der Waals surface area contributed by atoms with Crippen molar-refractivity contribution < 1.29 is 5.11 Å². The van der Waals surface area contributed by atoms with Crippen molar-refractivity contribution in [2.24, 2.45) is 0 Å². The van der Waals surface area contributed by atoms with E-state index in [1.807, 2.05) is 6.07 Å². The summed E-state index contributed by atoms with van der Waals surface area (Å²) >= 11 is 4.46. The Morgan fingerprint density at radius 1 is 1.23 bits per heavy atom. The van der Waals surface area contributed by atoms with E-state index in [2.05, 4.69) is 71.6 Å². The number of benzene rings is 1. The fourth-order valence-corrected chi connectivity index (χ4v) is 3.37. The molecule has 0 fully saturated rings. The minimum absolute atomic E-state index is 0.0562. The van der Waals surface area contributed by atoms with Gasteiger partial charge in [-0.15, -0.1) is 0 Å². The maximum Gasteiger partial charge on any atom is 0.0704 e. The number of hydrogen-bond donors (Lipinski definition) is 2. The van der Waals surface area contributed by atoms with Gasteiger partial charge < -0.3 is 14.6 Å². The topological polar surface area (TPSA) is 31.6 Å². The number of nitrogens with zero attached hydrogens (tertiary/aromatic N) is 3. The molecule has 1 unspecified atom stereocenters. The van der Waals surface area contributed by atoms with Gasteiger partial charge in [0.25, 0.3) is 0 Å². The number of aliphatic hydroxyl groups is 1. The van der Waals surface area contributed by atoms with Gasteiger partial charge in [0, 0.05) is 37.1 Å². The second-order valence-corrected chi connectivity index (χ2v) is 6.78. The summed E-state index contributed by atoms with van der Waals surface area (Å²) in [5.74, 6) is 0. The predicted octanol–water partition coefficient (Wildman–Crippen LogP) is 2.28. The van der Waals surface area contributed by atoms with Crippen molar-refractivity contribution in [3.05, 3.63) is 42.1 Å². The number of rotatable bonds is 4. The summed E-state index contributed by atoms with van der Waals surface area (Å²) in [4.78, 5) is 4.58. The molecule has 0 amide bonds. The van der Waals surface area contributed by atoms with Crippen LogP contribution in [0.15, 0.2) is 36.5 Å². The molecule has 1 aromatic heterocycles. The number of aromatic nitrogens is 1. The first-order valence-corrected chi connectivity index (χ1v) is 8.07. The van der Waals surface area contributed by atoms with E-state index in [9.17, 15) is 5.11 Å². The average molecular weight is 317 g/mol. The molecule has 118 valence electrons. The number of anilines is 1. The first-order chi connectivity index (χ1) is 10.6. The van der Waals surface area contributed by atoms with Gasteiger partial charge in [0.1, 0.15) is 0 Å². The van der Waals surface area contributed by atoms with E-state index in [-0.39, 0.29) is 11.9 Å². The van der Waals surface area contributed by atoms with Gasteiger partial charge in [0.15, 0.2) is 0 Å². The molecule has 2 aromatic rings. The third-order valence-corrected chi connectivity index (χ3v) is 4.45. The summed E-state index contributed by atoms with van der Waals surface area (Å²) < 4.78 is 2.24. The molecule has 0 bridgehead atoms. The van der Waals surface area contributed by atoms with E-state index in [4.69, 9.17) is 0 Å². The molecule has 5 heteroatoms. The lowest BCUT2D eigenvalue weighted by Crippen LogP contribution is -2.37. The van der Waals surface area contributed by atoms with Crippen molar-refractivity contribution in [2.45, 2.75) is 18.3 Å². The summed E-state index contributed by atoms with van der Waals surface area (Å²) in [6.45, 7) is 2.65. The van der Waals surface area contributed by atoms with E-state index in [0.717, 1.165) is 13.2 Å². The minimum atomic E-state index is -0.0562. The summed E-state index contributed by atoms with van der Waals surface area (Å²) in [6.07, 6.45) is 2.20. The standard InChI is InChI=1S/C17H23N3OS/c1-18-9-15-16(19(2)12-18)10-20(8-14(22)11-21)17(15)13-6-4-3-5-7-13/h3-7,10,14,21-22H,8-9,11-12H2,1-2H3. The highest BCUT2D eigenvalue weighted by atomic mass is 32.1. The van der Waals surface area contributed by atoms with E-state index >= 15 is 0 Å². The van der Waals surface area contributed by atoms with Gasteiger partial charge in [-0.25, -0.2) is 0 Å². The van der Waals surface area contributed by atoms with Crippen LogP contribution in [0.4, 0.5) is 5.69 Å². The van der Waals surface area contributed by atoms with Crippen LogP contribution in [0.25, 0.3) is 11.3 Å². The number of thiol groups is 1. The van der Waals surface area contributed by atoms with E-state index in [1.165, 1.54) is 22.5 Å². The Morgan fingerprint density at radius 2 is 1.95 bits per heavy atom. The van der Waals surface area contributed by atoms with Crippen LogP contribution in [0.1, 0.15) is 5.56 Å². The largest absolute Gasteiger partial charge is 0.395 e. The van der Waals surface area contributed by atoms with Crippen LogP contribution in [0.2, 0.25) is 0 Å². The molecule has 0 radical (unpaired) electrons. The molecule has 1 atom stereocenters. The molecular weight excluding hydrogens is 294 g/mol. The third kappa shape index (κ3) is 2.89. The second kappa shape index (κ2) is 6.36. The molecule has 0 aliphatic carbocycles. The van der Waals surface area contributed by atoms with Crippen LogP contribution in [0, 0.1) is 0 Å². The van der Waals surface area contributed by atoms with Crippen molar-refractivity contribution in [3.63, 3.8) is 0 Å². The average Bonchev–Trinajstić information content (AvgIpc) is 2.86. The smallest absolute Gasteiger partial charge is 0.0704 e. The molecule has 2 heterocycles. The van der Waals surface area contributed by atoms with Crippen molar-refractivity contribution in [2.75, 3.05) is 32.3 Å². The Hall–Kier alpha value is -1.43. The molecule has 0 saturated carbocycles. The lowest BCUT2D eigenvalue weighted by atomic mass is 10.1. The highest BCUT2D eigenvalue weighted by Crippen LogP contribution is 2.37. The lowest BCUT2D eigenvalue weighted by Gasteiger charge is -2.32. The van der Waals surface area contributed by atoms with Gasteiger partial charge in [0.05, 0.1) is 24.7 Å². The Bertz CT molecular complexity index is 641. The molecule has 1 aromatic carbocycles. The zero-order valence-electron chi connectivity index (χ0n) is 13.1. The van der Waals surface area contributed by atoms with Gasteiger partial charge in [-0.1, -0.05) is 30.3 Å². The van der Waals surface area contributed by atoms with Crippen molar-refractivity contribution in [1.82, 2.24) is 9.47 Å². The van der Waals surface area contributed by atoms with Gasteiger partial charge in [0.2, 0.25) is 0 Å². The molecule has 22 heavy (non-hydrogen) atoms. The van der Waals surface area contributed by atoms with E-state index in [1.54, 1.807) is 0 Å². The first kappa shape index (κ1) is 15.5. The molecule has 4 nitrogen and oxygen atoms in total. The van der Waals surface area contributed by atoms with Crippen LogP contribution in [0.5, 0.6) is 0 Å². The maximum atomic E-state index is 9.35. The zero-order chi connectivity index (χ0) is 15.7. The van der Waals surface area contributed by atoms with Crippen molar-refractivity contribution >= 4 is 18.3 Å². The SMILES string of the molecule is CN1Cc2c(cn(CC(S)CO)c2-c2ccccc2)N(C)C1. The Labute approximate surface area is 137 Å². The zero-order valence-corrected chi connectivity index (χ0v) is 14.0. The lowest BCUT2D eigenvalue weighted by molar-refractivity contribution is 0.287. The summed E-state index contributed by atoms with van der Waals surface area (Å²) in [5, 5.41) is 9.29. The summed E-state index contributed by atoms with van der Waals surface area (Å²) in [6, 6.07) is 10.5.